The molecule has 0 saturated heterocycles. The summed E-state index contributed by atoms with van der Waals surface area (Å²) in [7, 11) is 0. The first-order valence-corrected chi connectivity index (χ1v) is 6.69. The molecule has 0 unspecified atom stereocenters. The molecule has 0 spiro atoms. The van der Waals surface area contributed by atoms with Gasteiger partial charge in [-0.25, -0.2) is 4.39 Å². The number of benzene rings is 1. The molecular formula is C14H19BrFN. The van der Waals surface area contributed by atoms with Gasteiger partial charge in [-0.05, 0) is 43.9 Å². The van der Waals surface area contributed by atoms with Gasteiger partial charge in [-0.3, -0.25) is 0 Å². The first-order valence-electron chi connectivity index (χ1n) is 5.90. The molecule has 0 saturated carbocycles. The van der Waals surface area contributed by atoms with Gasteiger partial charge in [-0.2, -0.15) is 0 Å². The monoisotopic (exact) mass is 299 g/mol. The number of halogens is 2. The predicted octanol–water partition coefficient (Wildman–Crippen LogP) is 5.34. The molecule has 1 aromatic rings. The van der Waals surface area contributed by atoms with E-state index in [1.807, 2.05) is 19.1 Å². The van der Waals surface area contributed by atoms with Crippen LogP contribution in [0, 0.1) is 11.7 Å². The number of hydrogen-bond acceptors (Lipinski definition) is 1. The zero-order valence-corrected chi connectivity index (χ0v) is 12.1. The summed E-state index contributed by atoms with van der Waals surface area (Å²) < 4.78 is 14.4. The molecule has 0 heterocycles. The van der Waals surface area contributed by atoms with Gasteiger partial charge in [-0.1, -0.05) is 35.9 Å². The normalized spacial score (nSPS) is 12.0. The van der Waals surface area contributed by atoms with E-state index in [4.69, 9.17) is 0 Å². The molecule has 17 heavy (non-hydrogen) atoms. The second-order valence-electron chi connectivity index (χ2n) is 4.50. The largest absolute Gasteiger partial charge is 0.357 e. The molecule has 0 bridgehead atoms. The summed E-state index contributed by atoms with van der Waals surface area (Å²) in [5.41, 5.74) is 1.60. The van der Waals surface area contributed by atoms with Crippen LogP contribution in [0.15, 0.2) is 34.4 Å². The van der Waals surface area contributed by atoms with E-state index in [2.05, 4.69) is 35.1 Å². The molecule has 1 rings (SSSR count). The van der Waals surface area contributed by atoms with Crippen LogP contribution >= 0.6 is 15.9 Å². The van der Waals surface area contributed by atoms with Crippen LogP contribution in [-0.4, -0.2) is 0 Å². The predicted molar refractivity (Wildman–Crippen MR) is 75.6 cm³/mol. The molecule has 0 radical (unpaired) electrons. The van der Waals surface area contributed by atoms with E-state index in [1.165, 1.54) is 6.07 Å². The molecular weight excluding hydrogens is 281 g/mol. The van der Waals surface area contributed by atoms with Crippen LogP contribution in [0.2, 0.25) is 0 Å². The van der Waals surface area contributed by atoms with Gasteiger partial charge in [0, 0.05) is 10.2 Å². The van der Waals surface area contributed by atoms with Crippen molar-refractivity contribution in [3.63, 3.8) is 0 Å². The Hall–Kier alpha value is -0.830. The van der Waals surface area contributed by atoms with Crippen molar-refractivity contribution in [2.24, 2.45) is 5.92 Å². The van der Waals surface area contributed by atoms with Crippen molar-refractivity contribution < 1.29 is 4.39 Å². The lowest BCUT2D eigenvalue weighted by Gasteiger charge is -2.13. The van der Waals surface area contributed by atoms with Crippen molar-refractivity contribution in [2.75, 3.05) is 5.32 Å². The van der Waals surface area contributed by atoms with Crippen molar-refractivity contribution in [3.05, 3.63) is 40.3 Å². The van der Waals surface area contributed by atoms with E-state index >= 15 is 0 Å². The number of rotatable bonds is 5. The molecule has 0 aliphatic heterocycles. The van der Waals surface area contributed by atoms with Crippen molar-refractivity contribution >= 4 is 21.6 Å². The molecule has 0 atom stereocenters. The highest BCUT2D eigenvalue weighted by atomic mass is 79.9. The second-order valence-corrected chi connectivity index (χ2v) is 5.41. The Morgan fingerprint density at radius 1 is 1.47 bits per heavy atom. The number of hydrogen-bond donors (Lipinski definition) is 1. The maximum atomic E-state index is 13.6. The van der Waals surface area contributed by atoms with E-state index in [9.17, 15) is 4.39 Å². The smallest absolute Gasteiger partial charge is 0.147 e. The first-order chi connectivity index (χ1) is 8.02. The number of nitrogens with one attached hydrogen (secondary N) is 1. The molecule has 1 N–H and O–H groups in total. The molecule has 3 heteroatoms. The minimum absolute atomic E-state index is 0.233. The van der Waals surface area contributed by atoms with Crippen molar-refractivity contribution in [2.45, 2.75) is 33.6 Å². The molecule has 0 aromatic heterocycles. The maximum Gasteiger partial charge on any atom is 0.147 e. The van der Waals surface area contributed by atoms with Crippen LogP contribution < -0.4 is 5.32 Å². The molecule has 0 amide bonds. The van der Waals surface area contributed by atoms with Gasteiger partial charge in [0.25, 0.3) is 0 Å². The highest BCUT2D eigenvalue weighted by molar-refractivity contribution is 9.10. The Morgan fingerprint density at radius 3 is 2.71 bits per heavy atom. The Bertz CT molecular complexity index is 399. The van der Waals surface area contributed by atoms with Crippen LogP contribution in [0.5, 0.6) is 0 Å². The third-order valence-electron chi connectivity index (χ3n) is 2.57. The zero-order valence-electron chi connectivity index (χ0n) is 10.6. The van der Waals surface area contributed by atoms with Gasteiger partial charge in [0.1, 0.15) is 5.82 Å². The van der Waals surface area contributed by atoms with Crippen molar-refractivity contribution in [1.29, 1.82) is 0 Å². The maximum absolute atomic E-state index is 13.6. The molecule has 1 nitrogen and oxygen atoms in total. The quantitative estimate of drug-likeness (QED) is 0.774. The van der Waals surface area contributed by atoms with Gasteiger partial charge in [0.05, 0.1) is 5.69 Å². The van der Waals surface area contributed by atoms with Crippen molar-refractivity contribution in [1.82, 2.24) is 0 Å². The summed E-state index contributed by atoms with van der Waals surface area (Å²) in [5, 5.41) is 3.14. The van der Waals surface area contributed by atoms with Gasteiger partial charge in [-0.15, -0.1) is 0 Å². The average Bonchev–Trinajstić information content (AvgIpc) is 2.26. The molecule has 0 fully saturated rings. The summed E-state index contributed by atoms with van der Waals surface area (Å²) in [6, 6.07) is 5.05. The van der Waals surface area contributed by atoms with Gasteiger partial charge in [0.2, 0.25) is 0 Å². The SMILES string of the molecule is CC=C(CCC(C)C)Nc1ccc(Br)cc1F. The molecule has 1 aromatic carbocycles. The zero-order chi connectivity index (χ0) is 12.8. The summed E-state index contributed by atoms with van der Waals surface area (Å²) >= 11 is 3.25. The first kappa shape index (κ1) is 14.2. The Balaban J connectivity index is 2.68. The highest BCUT2D eigenvalue weighted by Crippen LogP contribution is 2.22. The minimum Gasteiger partial charge on any atom is -0.357 e. The Kier molecular flexibility index (Phi) is 5.69. The minimum atomic E-state index is -0.233. The van der Waals surface area contributed by atoms with E-state index in [0.29, 0.717) is 11.6 Å². The Morgan fingerprint density at radius 2 is 2.18 bits per heavy atom. The van der Waals surface area contributed by atoms with Crippen LogP contribution in [0.3, 0.4) is 0 Å². The summed E-state index contributed by atoms with van der Waals surface area (Å²) in [6.45, 7) is 6.35. The third kappa shape index (κ3) is 4.90. The van der Waals surface area contributed by atoms with E-state index in [-0.39, 0.29) is 5.82 Å². The van der Waals surface area contributed by atoms with Gasteiger partial charge < -0.3 is 5.32 Å². The standard InChI is InChI=1S/C14H19BrFN/c1-4-12(7-5-10(2)3)17-14-8-6-11(15)9-13(14)16/h4,6,8-10,17H,5,7H2,1-3H3. The lowest BCUT2D eigenvalue weighted by molar-refractivity contribution is 0.584. The highest BCUT2D eigenvalue weighted by Gasteiger charge is 2.05. The topological polar surface area (TPSA) is 12.0 Å². The summed E-state index contributed by atoms with van der Waals surface area (Å²) in [6.07, 6.45) is 4.05. The Labute approximate surface area is 111 Å². The lowest BCUT2D eigenvalue weighted by atomic mass is 10.1. The fraction of sp³-hybridized carbons (Fsp3) is 0.429. The summed E-state index contributed by atoms with van der Waals surface area (Å²) in [5.74, 6) is 0.421. The van der Waals surface area contributed by atoms with Crippen LogP contribution in [0.4, 0.5) is 10.1 Å². The van der Waals surface area contributed by atoms with Crippen LogP contribution in [-0.2, 0) is 0 Å². The van der Waals surface area contributed by atoms with E-state index in [1.54, 1.807) is 6.07 Å². The fourth-order valence-corrected chi connectivity index (χ4v) is 1.82. The fourth-order valence-electron chi connectivity index (χ4n) is 1.49. The number of allylic oxidation sites excluding steroid dienone is 2. The lowest BCUT2D eigenvalue weighted by Crippen LogP contribution is -2.03. The molecule has 94 valence electrons. The molecule has 0 aliphatic carbocycles. The molecule has 0 aliphatic rings. The second kappa shape index (κ2) is 6.80. The average molecular weight is 300 g/mol. The van der Waals surface area contributed by atoms with E-state index in [0.717, 1.165) is 23.0 Å². The van der Waals surface area contributed by atoms with Gasteiger partial charge in [0.15, 0.2) is 0 Å². The number of anilines is 1. The van der Waals surface area contributed by atoms with E-state index < -0.39 is 0 Å². The van der Waals surface area contributed by atoms with Crippen LogP contribution in [0.25, 0.3) is 0 Å². The third-order valence-corrected chi connectivity index (χ3v) is 3.06. The summed E-state index contributed by atoms with van der Waals surface area (Å²) in [4.78, 5) is 0. The van der Waals surface area contributed by atoms with Gasteiger partial charge >= 0.3 is 0 Å². The van der Waals surface area contributed by atoms with Crippen molar-refractivity contribution in [3.8, 4) is 0 Å². The van der Waals surface area contributed by atoms with Crippen LogP contribution in [0.1, 0.15) is 33.6 Å².